The summed E-state index contributed by atoms with van der Waals surface area (Å²) in [5, 5.41) is 3.03. The summed E-state index contributed by atoms with van der Waals surface area (Å²) in [5.74, 6) is -0.514. The fraction of sp³-hybridized carbons (Fsp3) is 0.500. The average molecular weight is 312 g/mol. The highest BCUT2D eigenvalue weighted by Gasteiger charge is 2.38. The van der Waals surface area contributed by atoms with Crippen molar-refractivity contribution in [2.75, 3.05) is 26.2 Å². The van der Waals surface area contributed by atoms with E-state index in [1.165, 1.54) is 4.31 Å². The number of aryl methyl sites for hydroxylation is 1. The third-order valence-electron chi connectivity index (χ3n) is 3.38. The highest BCUT2D eigenvalue weighted by Crippen LogP contribution is 2.20. The summed E-state index contributed by atoms with van der Waals surface area (Å²) in [4.78, 5) is 12.2. The van der Waals surface area contributed by atoms with E-state index in [1.807, 2.05) is 6.92 Å². The molecule has 116 valence electrons. The summed E-state index contributed by atoms with van der Waals surface area (Å²) in [6.45, 7) is 4.86. The monoisotopic (exact) mass is 312 g/mol. The largest absolute Gasteiger partial charge is 0.465 e. The Morgan fingerprint density at radius 2 is 2.05 bits per heavy atom. The van der Waals surface area contributed by atoms with Crippen LogP contribution in [0.15, 0.2) is 29.2 Å². The first-order chi connectivity index (χ1) is 9.96. The van der Waals surface area contributed by atoms with Gasteiger partial charge in [-0.1, -0.05) is 17.7 Å². The van der Waals surface area contributed by atoms with Gasteiger partial charge in [0.2, 0.25) is 10.0 Å². The standard InChI is InChI=1S/C14H20N2O4S/c1-3-20-14(17)13-10-15-8-9-16(13)21(18,19)12-6-4-11(2)5-7-12/h4-7,13,15H,3,8-10H2,1-2H3. The number of nitrogens with one attached hydrogen (secondary N) is 1. The topological polar surface area (TPSA) is 75.7 Å². The maximum absolute atomic E-state index is 12.7. The van der Waals surface area contributed by atoms with E-state index in [0.717, 1.165) is 5.56 Å². The van der Waals surface area contributed by atoms with E-state index in [4.69, 9.17) is 4.74 Å². The van der Waals surface area contributed by atoms with Gasteiger partial charge < -0.3 is 10.1 Å². The quantitative estimate of drug-likeness (QED) is 0.820. The summed E-state index contributed by atoms with van der Waals surface area (Å²) < 4.78 is 31.6. The van der Waals surface area contributed by atoms with Crippen LogP contribution in [0.25, 0.3) is 0 Å². The van der Waals surface area contributed by atoms with E-state index < -0.39 is 22.0 Å². The van der Waals surface area contributed by atoms with Crippen LogP contribution < -0.4 is 5.32 Å². The molecule has 0 spiro atoms. The zero-order valence-corrected chi connectivity index (χ0v) is 13.0. The molecule has 1 N–H and O–H groups in total. The number of sulfonamides is 1. The lowest BCUT2D eigenvalue weighted by Gasteiger charge is -2.33. The summed E-state index contributed by atoms with van der Waals surface area (Å²) in [6, 6.07) is 5.80. The molecule has 0 aliphatic carbocycles. The van der Waals surface area contributed by atoms with E-state index in [-0.39, 0.29) is 24.6 Å². The Bertz CT molecular complexity index is 598. The van der Waals surface area contributed by atoms with Crippen LogP contribution in [-0.2, 0) is 19.6 Å². The number of nitrogens with zero attached hydrogens (tertiary/aromatic N) is 1. The fourth-order valence-electron chi connectivity index (χ4n) is 2.26. The van der Waals surface area contributed by atoms with Crippen LogP contribution in [0, 0.1) is 6.92 Å². The Morgan fingerprint density at radius 3 is 2.67 bits per heavy atom. The number of carbonyl (C=O) groups excluding carboxylic acids is 1. The van der Waals surface area contributed by atoms with Crippen LogP contribution in [-0.4, -0.2) is 51.0 Å². The summed E-state index contributed by atoms with van der Waals surface area (Å²) in [7, 11) is -3.70. The first kappa shape index (κ1) is 15.9. The maximum Gasteiger partial charge on any atom is 0.325 e. The van der Waals surface area contributed by atoms with Gasteiger partial charge in [0.05, 0.1) is 11.5 Å². The van der Waals surface area contributed by atoms with Crippen molar-refractivity contribution in [3.05, 3.63) is 29.8 Å². The zero-order valence-electron chi connectivity index (χ0n) is 12.2. The third-order valence-corrected chi connectivity index (χ3v) is 5.30. The van der Waals surface area contributed by atoms with Crippen LogP contribution in [0.2, 0.25) is 0 Å². The number of rotatable bonds is 4. The second kappa shape index (κ2) is 6.55. The third kappa shape index (κ3) is 3.42. The maximum atomic E-state index is 12.7. The Labute approximate surface area is 125 Å². The summed E-state index contributed by atoms with van der Waals surface area (Å²) in [5.41, 5.74) is 0.983. The van der Waals surface area contributed by atoms with Crippen LogP contribution in [0.3, 0.4) is 0 Å². The van der Waals surface area contributed by atoms with Gasteiger partial charge in [-0.25, -0.2) is 8.42 Å². The summed E-state index contributed by atoms with van der Waals surface area (Å²) >= 11 is 0. The lowest BCUT2D eigenvalue weighted by molar-refractivity contribution is -0.148. The smallest absolute Gasteiger partial charge is 0.325 e. The Hall–Kier alpha value is -1.44. The molecule has 0 bridgehead atoms. The van der Waals surface area contributed by atoms with Crippen molar-refractivity contribution >= 4 is 16.0 Å². The molecule has 0 radical (unpaired) electrons. The normalized spacial score (nSPS) is 20.2. The van der Waals surface area contributed by atoms with Crippen LogP contribution in [0.5, 0.6) is 0 Å². The minimum Gasteiger partial charge on any atom is -0.465 e. The molecule has 1 saturated heterocycles. The minimum absolute atomic E-state index is 0.198. The fourth-order valence-corrected chi connectivity index (χ4v) is 3.84. The molecule has 1 unspecified atom stereocenters. The number of carbonyl (C=O) groups is 1. The number of hydrogen-bond donors (Lipinski definition) is 1. The van der Waals surface area contributed by atoms with Crippen molar-refractivity contribution in [3.8, 4) is 0 Å². The predicted octanol–water partition coefficient (Wildman–Crippen LogP) is 0.521. The Morgan fingerprint density at radius 1 is 1.38 bits per heavy atom. The van der Waals surface area contributed by atoms with E-state index >= 15 is 0 Å². The van der Waals surface area contributed by atoms with E-state index in [9.17, 15) is 13.2 Å². The molecule has 1 aliphatic rings. The second-order valence-corrected chi connectivity index (χ2v) is 6.79. The molecule has 0 amide bonds. The van der Waals surface area contributed by atoms with Gasteiger partial charge in [0.15, 0.2) is 0 Å². The van der Waals surface area contributed by atoms with Gasteiger partial charge in [-0.3, -0.25) is 4.79 Å². The van der Waals surface area contributed by atoms with Crippen LogP contribution >= 0.6 is 0 Å². The molecular weight excluding hydrogens is 292 g/mol. The molecule has 1 heterocycles. The summed E-state index contributed by atoms with van der Waals surface area (Å²) in [6.07, 6.45) is 0. The first-order valence-electron chi connectivity index (χ1n) is 6.92. The lowest BCUT2D eigenvalue weighted by atomic mass is 10.2. The molecule has 1 aliphatic heterocycles. The molecule has 0 saturated carbocycles. The van der Waals surface area contributed by atoms with Crippen LogP contribution in [0.1, 0.15) is 12.5 Å². The van der Waals surface area contributed by atoms with Gasteiger partial charge in [-0.15, -0.1) is 0 Å². The number of hydrogen-bond acceptors (Lipinski definition) is 5. The van der Waals surface area contributed by atoms with Crippen molar-refractivity contribution in [2.24, 2.45) is 0 Å². The zero-order chi connectivity index (χ0) is 15.5. The van der Waals surface area contributed by atoms with Gasteiger partial charge in [0, 0.05) is 19.6 Å². The van der Waals surface area contributed by atoms with E-state index in [1.54, 1.807) is 31.2 Å². The number of benzene rings is 1. The Kier molecular flexibility index (Phi) is 4.97. The van der Waals surface area contributed by atoms with E-state index in [0.29, 0.717) is 6.54 Å². The predicted molar refractivity (Wildman–Crippen MR) is 78.4 cm³/mol. The average Bonchev–Trinajstić information content (AvgIpc) is 2.48. The molecule has 6 nitrogen and oxygen atoms in total. The number of esters is 1. The number of ether oxygens (including phenoxy) is 1. The lowest BCUT2D eigenvalue weighted by Crippen LogP contribution is -2.57. The highest BCUT2D eigenvalue weighted by molar-refractivity contribution is 7.89. The molecular formula is C14H20N2O4S. The van der Waals surface area contributed by atoms with Crippen molar-refractivity contribution in [1.82, 2.24) is 9.62 Å². The van der Waals surface area contributed by atoms with Crippen molar-refractivity contribution in [1.29, 1.82) is 0 Å². The van der Waals surface area contributed by atoms with Crippen LogP contribution in [0.4, 0.5) is 0 Å². The molecule has 2 rings (SSSR count). The molecule has 0 aromatic heterocycles. The van der Waals surface area contributed by atoms with Gasteiger partial charge >= 0.3 is 5.97 Å². The van der Waals surface area contributed by atoms with Gasteiger partial charge in [0.1, 0.15) is 6.04 Å². The first-order valence-corrected chi connectivity index (χ1v) is 8.36. The molecule has 21 heavy (non-hydrogen) atoms. The minimum atomic E-state index is -3.70. The van der Waals surface area contributed by atoms with Gasteiger partial charge in [-0.2, -0.15) is 4.31 Å². The SMILES string of the molecule is CCOC(=O)C1CNCCN1S(=O)(=O)c1ccc(C)cc1. The molecule has 1 fully saturated rings. The second-order valence-electron chi connectivity index (χ2n) is 4.90. The number of piperazine rings is 1. The van der Waals surface area contributed by atoms with E-state index in [2.05, 4.69) is 5.32 Å². The van der Waals surface area contributed by atoms with Crippen molar-refractivity contribution in [3.63, 3.8) is 0 Å². The molecule has 1 aromatic rings. The van der Waals surface area contributed by atoms with Crippen molar-refractivity contribution < 1.29 is 17.9 Å². The van der Waals surface area contributed by atoms with Gasteiger partial charge in [0.25, 0.3) is 0 Å². The van der Waals surface area contributed by atoms with Crippen molar-refractivity contribution in [2.45, 2.75) is 24.8 Å². The highest BCUT2D eigenvalue weighted by atomic mass is 32.2. The van der Waals surface area contributed by atoms with Gasteiger partial charge in [-0.05, 0) is 26.0 Å². The Balaban J connectivity index is 2.31. The molecule has 1 aromatic carbocycles. The molecule has 7 heteroatoms. The molecule has 1 atom stereocenters.